The summed E-state index contributed by atoms with van der Waals surface area (Å²) in [6, 6.07) is 12.2. The second-order valence-electron chi connectivity index (χ2n) is 7.11. The van der Waals surface area contributed by atoms with Crippen LogP contribution in [0.5, 0.6) is 0 Å². The highest BCUT2D eigenvalue weighted by Crippen LogP contribution is 2.34. The Kier molecular flexibility index (Phi) is 8.68. The van der Waals surface area contributed by atoms with Crippen molar-refractivity contribution in [1.29, 1.82) is 0 Å². The van der Waals surface area contributed by atoms with E-state index in [-0.39, 0.29) is 30.6 Å². The number of aromatic nitrogens is 1. The molecule has 2 aromatic carbocycles. The first kappa shape index (κ1) is 23.9. The molecule has 2 heterocycles. The summed E-state index contributed by atoms with van der Waals surface area (Å²) in [5, 5.41) is 0.715. The number of hydrogen-bond donors (Lipinski definition) is 0. The number of fused-ring (bicyclic) bond motifs is 1. The van der Waals surface area contributed by atoms with Gasteiger partial charge in [0.1, 0.15) is 5.82 Å². The third kappa shape index (κ3) is 5.96. The first-order chi connectivity index (χ1) is 14.6. The molecule has 1 fully saturated rings. The van der Waals surface area contributed by atoms with E-state index in [0.717, 1.165) is 53.5 Å². The molecule has 0 atom stereocenters. The molecule has 0 saturated carbocycles. The number of thioether (sulfide) groups is 1. The van der Waals surface area contributed by atoms with Crippen molar-refractivity contribution in [3.05, 3.63) is 53.8 Å². The summed E-state index contributed by atoms with van der Waals surface area (Å²) in [4.78, 5) is 23.3. The summed E-state index contributed by atoms with van der Waals surface area (Å²) in [7, 11) is 0. The zero-order chi connectivity index (χ0) is 20.9. The largest absolute Gasteiger partial charge is 0.379 e. The van der Waals surface area contributed by atoms with Crippen LogP contribution in [0.4, 0.5) is 9.52 Å². The van der Waals surface area contributed by atoms with Gasteiger partial charge in [-0.1, -0.05) is 29.5 Å². The molecule has 0 aliphatic carbocycles. The molecule has 0 spiro atoms. The van der Waals surface area contributed by atoms with Crippen LogP contribution in [0.2, 0.25) is 0 Å². The van der Waals surface area contributed by atoms with E-state index >= 15 is 0 Å². The average molecular weight is 482 g/mol. The van der Waals surface area contributed by atoms with Crippen molar-refractivity contribution in [3.8, 4) is 0 Å². The second-order valence-corrected chi connectivity index (χ2v) is 8.96. The highest BCUT2D eigenvalue weighted by atomic mass is 35.5. The molecule has 4 rings (SSSR count). The SMILES string of the molecule is CSc1cccc2sc(N(CCN3CCOCC3)C(=O)Cc3ccc(F)cc3)nc12.Cl. The van der Waals surface area contributed by atoms with E-state index in [0.29, 0.717) is 11.7 Å². The number of ether oxygens (including phenoxy) is 1. The fourth-order valence-corrected chi connectivity index (χ4v) is 5.12. The van der Waals surface area contributed by atoms with Crippen molar-refractivity contribution in [2.75, 3.05) is 50.5 Å². The second kappa shape index (κ2) is 11.2. The van der Waals surface area contributed by atoms with Gasteiger partial charge in [0.25, 0.3) is 0 Å². The molecular weight excluding hydrogens is 457 g/mol. The number of amides is 1. The smallest absolute Gasteiger partial charge is 0.233 e. The number of para-hydroxylation sites is 1. The van der Waals surface area contributed by atoms with Crippen molar-refractivity contribution < 1.29 is 13.9 Å². The van der Waals surface area contributed by atoms with Gasteiger partial charge in [0.05, 0.1) is 29.9 Å². The first-order valence-electron chi connectivity index (χ1n) is 9.92. The van der Waals surface area contributed by atoms with E-state index in [9.17, 15) is 9.18 Å². The fourth-order valence-electron chi connectivity index (χ4n) is 3.46. The van der Waals surface area contributed by atoms with Gasteiger partial charge >= 0.3 is 0 Å². The van der Waals surface area contributed by atoms with E-state index in [1.165, 1.54) is 12.1 Å². The Bertz CT molecular complexity index is 1010. The van der Waals surface area contributed by atoms with Crippen molar-refractivity contribution in [2.45, 2.75) is 11.3 Å². The van der Waals surface area contributed by atoms with Gasteiger partial charge in [-0.25, -0.2) is 9.37 Å². The zero-order valence-electron chi connectivity index (χ0n) is 17.3. The quantitative estimate of drug-likeness (QED) is 0.465. The van der Waals surface area contributed by atoms with Gasteiger partial charge in [-0.2, -0.15) is 0 Å². The standard InChI is InChI=1S/C22H24FN3O2S2.ClH/c1-29-18-3-2-4-19-21(18)24-22(30-19)26(10-9-25-11-13-28-14-12-25)20(27)15-16-5-7-17(23)8-6-16;/h2-8H,9-15H2,1H3;1H. The van der Waals surface area contributed by atoms with Crippen LogP contribution in [-0.4, -0.2) is 61.4 Å². The van der Waals surface area contributed by atoms with Crippen LogP contribution in [0.15, 0.2) is 47.4 Å². The molecule has 1 aliphatic rings. The summed E-state index contributed by atoms with van der Waals surface area (Å²) in [5.41, 5.74) is 1.74. The number of anilines is 1. The minimum atomic E-state index is -0.300. The predicted octanol–water partition coefficient (Wildman–Crippen LogP) is 4.49. The van der Waals surface area contributed by atoms with Gasteiger partial charge in [-0.3, -0.25) is 14.6 Å². The number of carbonyl (C=O) groups excluding carboxylic acids is 1. The maximum absolute atomic E-state index is 13.3. The normalized spacial score (nSPS) is 14.4. The maximum Gasteiger partial charge on any atom is 0.233 e. The molecule has 1 aromatic heterocycles. The maximum atomic E-state index is 13.3. The van der Waals surface area contributed by atoms with Crippen molar-refractivity contribution in [3.63, 3.8) is 0 Å². The van der Waals surface area contributed by atoms with Gasteiger partial charge in [-0.05, 0) is 36.1 Å². The number of hydrogen-bond acceptors (Lipinski definition) is 6. The van der Waals surface area contributed by atoms with Gasteiger partial charge in [0.2, 0.25) is 5.91 Å². The number of nitrogens with zero attached hydrogens (tertiary/aromatic N) is 3. The molecule has 0 unspecified atom stereocenters. The van der Waals surface area contributed by atoms with Gasteiger partial charge in [0.15, 0.2) is 5.13 Å². The predicted molar refractivity (Wildman–Crippen MR) is 128 cm³/mol. The van der Waals surface area contributed by atoms with Crippen molar-refractivity contribution in [2.24, 2.45) is 0 Å². The third-order valence-electron chi connectivity index (χ3n) is 5.13. The molecule has 166 valence electrons. The lowest BCUT2D eigenvalue weighted by molar-refractivity contribution is -0.118. The van der Waals surface area contributed by atoms with E-state index in [2.05, 4.69) is 11.0 Å². The molecule has 5 nitrogen and oxygen atoms in total. The van der Waals surface area contributed by atoms with Crippen molar-refractivity contribution >= 4 is 56.8 Å². The molecule has 0 N–H and O–H groups in total. The molecular formula is C22H25ClFN3O2S2. The number of halogens is 2. The van der Waals surface area contributed by atoms with E-state index in [1.54, 1.807) is 40.1 Å². The Morgan fingerprint density at radius 3 is 2.68 bits per heavy atom. The number of rotatable bonds is 7. The molecule has 9 heteroatoms. The first-order valence-corrected chi connectivity index (χ1v) is 12.0. The van der Waals surface area contributed by atoms with Crippen LogP contribution < -0.4 is 4.90 Å². The summed E-state index contributed by atoms with van der Waals surface area (Å²) in [6.07, 6.45) is 2.25. The Hall–Kier alpha value is -1.71. The van der Waals surface area contributed by atoms with E-state index in [4.69, 9.17) is 9.72 Å². The summed E-state index contributed by atoms with van der Waals surface area (Å²) >= 11 is 3.20. The molecule has 1 saturated heterocycles. The summed E-state index contributed by atoms with van der Waals surface area (Å²) in [5.74, 6) is -0.328. The summed E-state index contributed by atoms with van der Waals surface area (Å²) in [6.45, 7) is 4.52. The Morgan fingerprint density at radius 1 is 1.23 bits per heavy atom. The number of benzene rings is 2. The minimum Gasteiger partial charge on any atom is -0.379 e. The van der Waals surface area contributed by atoms with Crippen LogP contribution in [0, 0.1) is 5.82 Å². The van der Waals surface area contributed by atoms with Crippen LogP contribution in [0.25, 0.3) is 10.2 Å². The highest BCUT2D eigenvalue weighted by molar-refractivity contribution is 7.98. The van der Waals surface area contributed by atoms with Crippen LogP contribution in [0.1, 0.15) is 5.56 Å². The fraction of sp³-hybridized carbons (Fsp3) is 0.364. The lowest BCUT2D eigenvalue weighted by Crippen LogP contribution is -2.43. The van der Waals surface area contributed by atoms with Crippen LogP contribution in [0.3, 0.4) is 0 Å². The zero-order valence-corrected chi connectivity index (χ0v) is 19.7. The molecule has 1 amide bonds. The highest BCUT2D eigenvalue weighted by Gasteiger charge is 2.22. The topological polar surface area (TPSA) is 45.7 Å². The van der Waals surface area contributed by atoms with E-state index in [1.807, 2.05) is 18.4 Å². The lowest BCUT2D eigenvalue weighted by Gasteiger charge is -2.29. The minimum absolute atomic E-state index is 0. The van der Waals surface area contributed by atoms with Crippen LogP contribution >= 0.6 is 35.5 Å². The Labute approximate surface area is 196 Å². The van der Waals surface area contributed by atoms with Crippen LogP contribution in [-0.2, 0) is 16.0 Å². The lowest BCUT2D eigenvalue weighted by atomic mass is 10.1. The molecule has 0 radical (unpaired) electrons. The Morgan fingerprint density at radius 2 is 1.97 bits per heavy atom. The summed E-state index contributed by atoms with van der Waals surface area (Å²) < 4.78 is 19.7. The molecule has 31 heavy (non-hydrogen) atoms. The number of thiazole rings is 1. The molecule has 0 bridgehead atoms. The van der Waals surface area contributed by atoms with Gasteiger partial charge in [0, 0.05) is 31.1 Å². The average Bonchev–Trinajstić information content (AvgIpc) is 3.20. The number of carbonyl (C=O) groups is 1. The van der Waals surface area contributed by atoms with Crippen molar-refractivity contribution in [1.82, 2.24) is 9.88 Å². The van der Waals surface area contributed by atoms with Gasteiger partial charge in [-0.15, -0.1) is 24.2 Å². The molecule has 1 aliphatic heterocycles. The number of morpholine rings is 1. The monoisotopic (exact) mass is 481 g/mol. The third-order valence-corrected chi connectivity index (χ3v) is 6.95. The Balaban J connectivity index is 0.00000272. The van der Waals surface area contributed by atoms with Gasteiger partial charge < -0.3 is 4.74 Å². The van der Waals surface area contributed by atoms with E-state index < -0.39 is 0 Å². The molecule has 3 aromatic rings.